The van der Waals surface area contributed by atoms with Crippen molar-refractivity contribution in [3.05, 3.63) is 59.6 Å². The summed E-state index contributed by atoms with van der Waals surface area (Å²) in [4.78, 5) is 9.07. The minimum absolute atomic E-state index is 0. The number of halogens is 4. The van der Waals surface area contributed by atoms with E-state index in [0.29, 0.717) is 11.9 Å². The maximum absolute atomic E-state index is 6.21. The predicted molar refractivity (Wildman–Crippen MR) is 141 cm³/mol. The summed E-state index contributed by atoms with van der Waals surface area (Å²) < 4.78 is 3.11. The molecule has 6 nitrogen and oxygen atoms in total. The maximum Gasteiger partial charge on any atom is 0.132 e. The molecule has 0 unspecified atom stereocenters. The summed E-state index contributed by atoms with van der Waals surface area (Å²) in [5.41, 5.74) is 9.89. The lowest BCUT2D eigenvalue weighted by Gasteiger charge is -2.22. The van der Waals surface area contributed by atoms with Gasteiger partial charge in [-0.2, -0.15) is 5.10 Å². The molecule has 1 aromatic carbocycles. The molecule has 0 bridgehead atoms. The molecule has 0 amide bonds. The van der Waals surface area contributed by atoms with Crippen molar-refractivity contribution >= 4 is 69.7 Å². The lowest BCUT2D eigenvalue weighted by molar-refractivity contribution is 0.343. The fourth-order valence-corrected chi connectivity index (χ4v) is 4.36. The topological polar surface area (TPSA) is 81.6 Å². The molecule has 1 fully saturated rings. The molecule has 170 valence electrons. The molecule has 32 heavy (non-hydrogen) atoms. The van der Waals surface area contributed by atoms with E-state index in [0.717, 1.165) is 63.6 Å². The molecule has 0 radical (unpaired) electrons. The Balaban J connectivity index is 0.00000121. The van der Waals surface area contributed by atoms with Crippen molar-refractivity contribution in [2.45, 2.75) is 18.9 Å². The molecule has 1 aliphatic heterocycles. The highest BCUT2D eigenvalue weighted by Crippen LogP contribution is 2.32. The van der Waals surface area contributed by atoms with E-state index < -0.39 is 0 Å². The van der Waals surface area contributed by atoms with Crippen molar-refractivity contribution < 1.29 is 0 Å². The normalized spacial score (nSPS) is 13.7. The van der Waals surface area contributed by atoms with Crippen LogP contribution in [0.4, 0.5) is 5.82 Å². The molecule has 5 rings (SSSR count). The second-order valence-electron chi connectivity index (χ2n) is 7.38. The Hall–Kier alpha value is -1.90. The molecule has 1 aliphatic rings. The molecule has 0 spiro atoms. The number of piperidine rings is 1. The average Bonchev–Trinajstić information content (AvgIpc) is 3.25. The summed E-state index contributed by atoms with van der Waals surface area (Å²) in [7, 11) is 0. The maximum atomic E-state index is 6.21. The third kappa shape index (κ3) is 5.18. The number of hydrogen-bond donors (Lipinski definition) is 2. The zero-order valence-corrected chi connectivity index (χ0v) is 21.1. The third-order valence-electron chi connectivity index (χ3n) is 5.52. The van der Waals surface area contributed by atoms with Gasteiger partial charge in [-0.25, -0.2) is 4.98 Å². The third-order valence-corrected chi connectivity index (χ3v) is 6.22. The number of pyridine rings is 2. The summed E-state index contributed by atoms with van der Waals surface area (Å²) in [5.74, 6) is 0.473. The van der Waals surface area contributed by atoms with E-state index >= 15 is 0 Å². The van der Waals surface area contributed by atoms with Gasteiger partial charge in [0.05, 0.1) is 17.9 Å². The van der Waals surface area contributed by atoms with E-state index in [-0.39, 0.29) is 37.2 Å². The Labute approximate surface area is 213 Å². The standard InChI is InChI=1S/C22H21BrN6.3ClH/c23-20-3-1-2-14-9-21(26-12-19(14)20)18-8-15(10-27-22(18)24)16-11-28-29(13-16)17-4-6-25-7-5-17;;;/h1-3,8-13,17,25H,4-7H2,(H2,24,27);3*1H. The second kappa shape index (κ2) is 11.3. The molecule has 1 saturated heterocycles. The zero-order valence-electron chi connectivity index (χ0n) is 17.1. The van der Waals surface area contributed by atoms with Crippen molar-refractivity contribution in [2.75, 3.05) is 18.8 Å². The molecule has 3 N–H and O–H groups in total. The number of hydrogen-bond acceptors (Lipinski definition) is 5. The summed E-state index contributed by atoms with van der Waals surface area (Å²) in [6, 6.07) is 10.7. The van der Waals surface area contributed by atoms with Crippen molar-refractivity contribution in [3.63, 3.8) is 0 Å². The molecule has 10 heteroatoms. The molecular weight excluding hydrogens is 535 g/mol. The number of nitrogen functional groups attached to an aromatic ring is 1. The first-order valence-corrected chi connectivity index (χ1v) is 10.5. The molecule has 4 aromatic rings. The monoisotopic (exact) mass is 556 g/mol. The lowest BCUT2D eigenvalue weighted by Crippen LogP contribution is -2.29. The Kier molecular flexibility index (Phi) is 9.30. The van der Waals surface area contributed by atoms with Gasteiger partial charge in [0.25, 0.3) is 0 Å². The molecule has 0 atom stereocenters. The molecule has 0 aliphatic carbocycles. The van der Waals surface area contributed by atoms with E-state index in [1.54, 1.807) is 6.20 Å². The lowest BCUT2D eigenvalue weighted by atomic mass is 10.0. The number of anilines is 1. The van der Waals surface area contributed by atoms with E-state index in [9.17, 15) is 0 Å². The Bertz CT molecular complexity index is 1190. The number of fused-ring (bicyclic) bond motifs is 1. The van der Waals surface area contributed by atoms with Gasteiger partial charge in [0.2, 0.25) is 0 Å². The summed E-state index contributed by atoms with van der Waals surface area (Å²) in [6.45, 7) is 2.08. The van der Waals surface area contributed by atoms with Crippen LogP contribution in [0.3, 0.4) is 0 Å². The van der Waals surface area contributed by atoms with Crippen LogP contribution in [0.2, 0.25) is 0 Å². The molecule has 4 heterocycles. The van der Waals surface area contributed by atoms with Crippen molar-refractivity contribution in [3.8, 4) is 22.4 Å². The van der Waals surface area contributed by atoms with Gasteiger partial charge >= 0.3 is 0 Å². The van der Waals surface area contributed by atoms with Crippen LogP contribution in [0.25, 0.3) is 33.2 Å². The van der Waals surface area contributed by atoms with E-state index in [1.165, 1.54) is 0 Å². The van der Waals surface area contributed by atoms with Crippen LogP contribution in [-0.2, 0) is 0 Å². The van der Waals surface area contributed by atoms with Gasteiger partial charge in [0, 0.05) is 45.1 Å². The quantitative estimate of drug-likeness (QED) is 0.337. The number of nitrogens with two attached hydrogens (primary N) is 1. The van der Waals surface area contributed by atoms with Gasteiger partial charge in [-0.1, -0.05) is 28.1 Å². The van der Waals surface area contributed by atoms with E-state index in [2.05, 4.69) is 65.4 Å². The zero-order chi connectivity index (χ0) is 19.8. The minimum atomic E-state index is 0. The highest BCUT2D eigenvalue weighted by atomic mass is 79.9. The van der Waals surface area contributed by atoms with Crippen molar-refractivity contribution in [1.82, 2.24) is 25.1 Å². The van der Waals surface area contributed by atoms with Crippen LogP contribution in [0.5, 0.6) is 0 Å². The highest BCUT2D eigenvalue weighted by Gasteiger charge is 2.17. The first kappa shape index (κ1) is 26.4. The van der Waals surface area contributed by atoms with Gasteiger partial charge in [0.1, 0.15) is 5.82 Å². The molecule has 3 aromatic heterocycles. The average molecular weight is 559 g/mol. The van der Waals surface area contributed by atoms with Crippen LogP contribution in [0.1, 0.15) is 18.9 Å². The van der Waals surface area contributed by atoms with Gasteiger partial charge in [-0.15, -0.1) is 37.2 Å². The van der Waals surface area contributed by atoms with Gasteiger partial charge in [-0.05, 0) is 49.5 Å². The van der Waals surface area contributed by atoms with Gasteiger partial charge in [-0.3, -0.25) is 9.67 Å². The fourth-order valence-electron chi connectivity index (χ4n) is 3.88. The molecular formula is C22H24BrCl3N6. The molecule has 0 saturated carbocycles. The Morgan fingerprint density at radius 2 is 1.75 bits per heavy atom. The predicted octanol–water partition coefficient (Wildman–Crippen LogP) is 5.69. The van der Waals surface area contributed by atoms with Gasteiger partial charge in [0.15, 0.2) is 0 Å². The van der Waals surface area contributed by atoms with Gasteiger partial charge < -0.3 is 11.1 Å². The number of benzene rings is 1. The van der Waals surface area contributed by atoms with E-state index in [4.69, 9.17) is 5.73 Å². The Morgan fingerprint density at radius 1 is 0.969 bits per heavy atom. The SMILES string of the molecule is Cl.Cl.Cl.Nc1ncc(-c2cnn(C3CCNCC3)c2)cc1-c1cc2cccc(Br)c2cn1. The van der Waals surface area contributed by atoms with Crippen molar-refractivity contribution in [1.29, 1.82) is 0 Å². The number of nitrogens with one attached hydrogen (secondary N) is 1. The van der Waals surface area contributed by atoms with Crippen LogP contribution in [-0.4, -0.2) is 32.8 Å². The van der Waals surface area contributed by atoms with Crippen LogP contribution in [0.15, 0.2) is 59.6 Å². The number of nitrogens with zero attached hydrogens (tertiary/aromatic N) is 4. The summed E-state index contributed by atoms with van der Waals surface area (Å²) >= 11 is 3.58. The Morgan fingerprint density at radius 3 is 2.53 bits per heavy atom. The van der Waals surface area contributed by atoms with Crippen LogP contribution in [0, 0.1) is 0 Å². The van der Waals surface area contributed by atoms with E-state index in [1.807, 2.05) is 24.5 Å². The number of rotatable bonds is 3. The summed E-state index contributed by atoms with van der Waals surface area (Å²) in [6.07, 6.45) is 9.89. The smallest absolute Gasteiger partial charge is 0.132 e. The highest BCUT2D eigenvalue weighted by molar-refractivity contribution is 9.10. The summed E-state index contributed by atoms with van der Waals surface area (Å²) in [5, 5.41) is 10.2. The van der Waals surface area contributed by atoms with Crippen molar-refractivity contribution in [2.24, 2.45) is 0 Å². The number of aromatic nitrogens is 4. The first-order valence-electron chi connectivity index (χ1n) is 9.74. The minimum Gasteiger partial charge on any atom is -0.383 e. The largest absolute Gasteiger partial charge is 0.383 e. The second-order valence-corrected chi connectivity index (χ2v) is 8.23. The first-order chi connectivity index (χ1) is 14.2. The fraction of sp³-hybridized carbons (Fsp3) is 0.227. The van der Waals surface area contributed by atoms with Crippen LogP contribution < -0.4 is 11.1 Å². The van der Waals surface area contributed by atoms with Crippen LogP contribution >= 0.6 is 53.2 Å².